The molecule has 0 spiro atoms. The van der Waals surface area contributed by atoms with Crippen molar-refractivity contribution in [3.63, 3.8) is 0 Å². The average molecular weight is 144 g/mol. The van der Waals surface area contributed by atoms with Crippen LogP contribution < -0.4 is 0 Å². The zero-order valence-corrected chi connectivity index (χ0v) is 6.03. The molecular weight excluding hydrogens is 130 g/mol. The summed E-state index contributed by atoms with van der Waals surface area (Å²) in [6.45, 7) is 5.04. The molecule has 0 amide bonds. The van der Waals surface area contributed by atoms with Crippen molar-refractivity contribution in [1.82, 2.24) is 4.90 Å². The molecule has 3 nitrogen and oxygen atoms in total. The van der Waals surface area contributed by atoms with Gasteiger partial charge in [0.15, 0.2) is 0 Å². The lowest BCUT2D eigenvalue weighted by Gasteiger charge is -2.33. The third-order valence-corrected chi connectivity index (χ3v) is 1.94. The van der Waals surface area contributed by atoms with Crippen LogP contribution in [0.2, 0.25) is 0 Å². The smallest absolute Gasteiger partial charge is 0.109 e. The van der Waals surface area contributed by atoms with E-state index in [9.17, 15) is 5.11 Å². The van der Waals surface area contributed by atoms with E-state index in [2.05, 4.69) is 6.92 Å². The largest absolute Gasteiger partial charge is 0.393 e. The second kappa shape index (κ2) is 3.32. The van der Waals surface area contributed by atoms with Gasteiger partial charge in [-0.25, -0.2) is 0 Å². The maximum Gasteiger partial charge on any atom is 0.109 e. The Balaban J connectivity index is 2.36. The monoisotopic (exact) mass is 144 g/mol. The van der Waals surface area contributed by atoms with Crippen LogP contribution >= 0.6 is 0 Å². The lowest BCUT2D eigenvalue weighted by Crippen LogP contribution is -2.43. The molecule has 0 aliphatic carbocycles. The van der Waals surface area contributed by atoms with E-state index in [-0.39, 0.29) is 6.10 Å². The van der Waals surface area contributed by atoms with E-state index in [0.29, 0.717) is 13.0 Å². The van der Waals surface area contributed by atoms with Gasteiger partial charge in [0.1, 0.15) is 6.23 Å². The fourth-order valence-electron chi connectivity index (χ4n) is 1.23. The van der Waals surface area contributed by atoms with E-state index < -0.39 is 6.23 Å². The second-order valence-electron chi connectivity index (χ2n) is 2.69. The van der Waals surface area contributed by atoms with E-state index in [0.717, 1.165) is 13.0 Å². The van der Waals surface area contributed by atoms with E-state index in [1.54, 1.807) is 0 Å². The van der Waals surface area contributed by atoms with Crippen molar-refractivity contribution >= 4 is 0 Å². The maximum absolute atomic E-state index is 9.27. The summed E-state index contributed by atoms with van der Waals surface area (Å²) in [5.41, 5.74) is 0. The fraction of sp³-hybridized carbons (Fsp3) is 0.857. The average Bonchev–Trinajstić information content (AvgIpc) is 1.88. The maximum atomic E-state index is 9.27. The van der Waals surface area contributed by atoms with E-state index in [4.69, 9.17) is 5.11 Å². The van der Waals surface area contributed by atoms with Gasteiger partial charge in [-0.15, -0.1) is 0 Å². The number of hydrogen-bond acceptors (Lipinski definition) is 3. The van der Waals surface area contributed by atoms with Crippen LogP contribution in [0.25, 0.3) is 0 Å². The minimum absolute atomic E-state index is 0.321. The van der Waals surface area contributed by atoms with Gasteiger partial charge in [-0.1, -0.05) is 0 Å². The van der Waals surface area contributed by atoms with Crippen molar-refractivity contribution in [2.24, 2.45) is 0 Å². The summed E-state index contributed by atoms with van der Waals surface area (Å²) in [6.07, 6.45) is 0.418. The molecule has 0 aromatic rings. The Hall–Kier alpha value is -0.120. The van der Waals surface area contributed by atoms with Gasteiger partial charge in [-0.2, -0.15) is 0 Å². The zero-order valence-electron chi connectivity index (χ0n) is 6.03. The molecule has 1 fully saturated rings. The molecule has 1 aliphatic heterocycles. The van der Waals surface area contributed by atoms with Crippen LogP contribution in [-0.4, -0.2) is 40.5 Å². The van der Waals surface area contributed by atoms with Crippen molar-refractivity contribution in [2.75, 3.05) is 13.1 Å². The summed E-state index contributed by atoms with van der Waals surface area (Å²) in [4.78, 5) is 1.85. The van der Waals surface area contributed by atoms with Crippen LogP contribution in [0.1, 0.15) is 12.8 Å². The first-order chi connectivity index (χ1) is 4.74. The Morgan fingerprint density at radius 1 is 1.50 bits per heavy atom. The molecule has 1 rings (SSSR count). The standard InChI is InChI=1S/C7H14NO2/c1-2-8-4-3-6(9)5-7(8)10/h6-7,9-10H,1-5H2. The molecule has 1 saturated heterocycles. The van der Waals surface area contributed by atoms with E-state index in [1.807, 2.05) is 4.90 Å². The molecule has 0 saturated carbocycles. The van der Waals surface area contributed by atoms with E-state index >= 15 is 0 Å². The molecule has 2 N–H and O–H groups in total. The summed E-state index contributed by atoms with van der Waals surface area (Å²) in [5, 5.41) is 18.4. The van der Waals surface area contributed by atoms with Gasteiger partial charge < -0.3 is 10.2 Å². The molecule has 2 atom stereocenters. The third-order valence-electron chi connectivity index (χ3n) is 1.94. The zero-order chi connectivity index (χ0) is 7.56. The first-order valence-electron chi connectivity index (χ1n) is 3.63. The lowest BCUT2D eigenvalue weighted by molar-refractivity contribution is -0.0614. The van der Waals surface area contributed by atoms with Crippen LogP contribution in [0.5, 0.6) is 0 Å². The lowest BCUT2D eigenvalue weighted by atomic mass is 10.1. The first-order valence-corrected chi connectivity index (χ1v) is 3.63. The van der Waals surface area contributed by atoms with Crippen LogP contribution in [-0.2, 0) is 0 Å². The number of aliphatic hydroxyl groups excluding tert-OH is 2. The topological polar surface area (TPSA) is 43.7 Å². The number of piperidine rings is 1. The molecule has 2 unspecified atom stereocenters. The van der Waals surface area contributed by atoms with Crippen molar-refractivity contribution in [1.29, 1.82) is 0 Å². The highest BCUT2D eigenvalue weighted by Crippen LogP contribution is 2.14. The Morgan fingerprint density at radius 3 is 2.70 bits per heavy atom. The molecule has 0 aromatic carbocycles. The minimum atomic E-state index is -0.485. The van der Waals surface area contributed by atoms with Gasteiger partial charge in [0.25, 0.3) is 0 Å². The molecular formula is C7H14NO2. The molecule has 10 heavy (non-hydrogen) atoms. The highest BCUT2D eigenvalue weighted by atomic mass is 16.3. The van der Waals surface area contributed by atoms with Crippen LogP contribution in [0.3, 0.4) is 0 Å². The molecule has 59 valence electrons. The molecule has 3 heteroatoms. The summed E-state index contributed by atoms with van der Waals surface area (Å²) in [5.74, 6) is 0. The van der Waals surface area contributed by atoms with Crippen molar-refractivity contribution in [2.45, 2.75) is 25.2 Å². The summed E-state index contributed by atoms with van der Waals surface area (Å²) in [7, 11) is 0. The molecule has 1 heterocycles. The Bertz CT molecular complexity index is 108. The van der Waals surface area contributed by atoms with Crippen LogP contribution in [0.4, 0.5) is 0 Å². The predicted molar refractivity (Wildman–Crippen MR) is 38.2 cm³/mol. The summed E-state index contributed by atoms with van der Waals surface area (Å²) in [6, 6.07) is 0. The summed E-state index contributed by atoms with van der Waals surface area (Å²) < 4.78 is 0. The SMILES string of the molecule is [CH2]CN1CCC(O)CC1O. The Labute approximate surface area is 61.3 Å². The molecule has 0 aromatic heterocycles. The van der Waals surface area contributed by atoms with Crippen LogP contribution in [0, 0.1) is 6.92 Å². The minimum Gasteiger partial charge on any atom is -0.393 e. The molecule has 0 bridgehead atoms. The number of rotatable bonds is 1. The van der Waals surface area contributed by atoms with Gasteiger partial charge in [0, 0.05) is 19.5 Å². The highest BCUT2D eigenvalue weighted by molar-refractivity contribution is 4.74. The van der Waals surface area contributed by atoms with E-state index in [1.165, 1.54) is 0 Å². The van der Waals surface area contributed by atoms with Gasteiger partial charge in [0.05, 0.1) is 6.10 Å². The predicted octanol–water partition coefficient (Wildman–Crippen LogP) is -0.404. The number of likely N-dealkylation sites (tertiary alicyclic amines) is 1. The molecule has 1 aliphatic rings. The van der Waals surface area contributed by atoms with Gasteiger partial charge in [-0.3, -0.25) is 4.90 Å². The Kier molecular flexibility index (Phi) is 2.65. The quantitative estimate of drug-likeness (QED) is 0.526. The number of hydrogen-bond donors (Lipinski definition) is 2. The number of nitrogens with zero attached hydrogens (tertiary/aromatic N) is 1. The summed E-state index contributed by atoms with van der Waals surface area (Å²) >= 11 is 0. The first kappa shape index (κ1) is 7.98. The number of aliphatic hydroxyl groups is 2. The van der Waals surface area contributed by atoms with Crippen molar-refractivity contribution in [3.8, 4) is 0 Å². The van der Waals surface area contributed by atoms with Gasteiger partial charge >= 0.3 is 0 Å². The van der Waals surface area contributed by atoms with Crippen LogP contribution in [0.15, 0.2) is 0 Å². The molecule has 1 radical (unpaired) electrons. The van der Waals surface area contributed by atoms with Crippen molar-refractivity contribution < 1.29 is 10.2 Å². The second-order valence-corrected chi connectivity index (χ2v) is 2.69. The highest BCUT2D eigenvalue weighted by Gasteiger charge is 2.23. The fourth-order valence-corrected chi connectivity index (χ4v) is 1.23. The van der Waals surface area contributed by atoms with Gasteiger partial charge in [0.2, 0.25) is 0 Å². The normalized spacial score (nSPS) is 36.3. The van der Waals surface area contributed by atoms with Gasteiger partial charge in [-0.05, 0) is 13.3 Å². The Morgan fingerprint density at radius 2 is 2.20 bits per heavy atom. The van der Waals surface area contributed by atoms with Crippen molar-refractivity contribution in [3.05, 3.63) is 6.92 Å². The third kappa shape index (κ3) is 1.68.